The molecule has 0 saturated carbocycles. The van der Waals surface area contributed by atoms with Crippen molar-refractivity contribution >= 4 is 22.4 Å². The zero-order valence-corrected chi connectivity index (χ0v) is 11.3. The van der Waals surface area contributed by atoms with E-state index in [2.05, 4.69) is 6.07 Å². The van der Waals surface area contributed by atoms with E-state index in [4.69, 9.17) is 0 Å². The summed E-state index contributed by atoms with van der Waals surface area (Å²) < 4.78 is 13.0. The summed E-state index contributed by atoms with van der Waals surface area (Å²) in [5, 5.41) is 11.6. The van der Waals surface area contributed by atoms with Gasteiger partial charge in [-0.3, -0.25) is 0 Å². The summed E-state index contributed by atoms with van der Waals surface area (Å²) in [5.41, 5.74) is 2.26. The van der Waals surface area contributed by atoms with E-state index in [-0.39, 0.29) is 5.82 Å². The Morgan fingerprint density at radius 1 is 0.905 bits per heavy atom. The van der Waals surface area contributed by atoms with Crippen molar-refractivity contribution in [1.82, 2.24) is 0 Å². The van der Waals surface area contributed by atoms with Crippen LogP contribution in [0, 0.1) is 17.1 Å². The second kappa shape index (κ2) is 5.60. The average Bonchev–Trinajstić information content (AvgIpc) is 2.54. The molecular formula is C19H12FN. The average molecular weight is 273 g/mol. The van der Waals surface area contributed by atoms with Gasteiger partial charge in [0.2, 0.25) is 0 Å². The van der Waals surface area contributed by atoms with Crippen molar-refractivity contribution in [2.75, 3.05) is 0 Å². The topological polar surface area (TPSA) is 23.8 Å². The molecule has 0 amide bonds. The van der Waals surface area contributed by atoms with Crippen molar-refractivity contribution in [1.29, 1.82) is 5.26 Å². The first-order valence-electron chi connectivity index (χ1n) is 6.63. The van der Waals surface area contributed by atoms with Crippen LogP contribution in [-0.2, 0) is 0 Å². The molecule has 2 heteroatoms. The largest absolute Gasteiger partial charge is 0.207 e. The molecule has 0 N–H and O–H groups in total. The van der Waals surface area contributed by atoms with E-state index in [0.717, 1.165) is 21.9 Å². The van der Waals surface area contributed by atoms with Crippen LogP contribution in [0.25, 0.3) is 22.4 Å². The lowest BCUT2D eigenvalue weighted by Gasteiger charge is -2.05. The van der Waals surface area contributed by atoms with Crippen LogP contribution < -0.4 is 0 Å². The van der Waals surface area contributed by atoms with Crippen molar-refractivity contribution in [3.63, 3.8) is 0 Å². The third-order valence-corrected chi connectivity index (χ3v) is 3.38. The maximum Gasteiger partial charge on any atom is 0.123 e. The van der Waals surface area contributed by atoms with Crippen LogP contribution in [-0.4, -0.2) is 0 Å². The van der Waals surface area contributed by atoms with Crippen LogP contribution in [0.4, 0.5) is 4.39 Å². The normalized spacial score (nSPS) is 11.3. The number of hydrogen-bond acceptors (Lipinski definition) is 1. The van der Waals surface area contributed by atoms with Crippen LogP contribution in [0.3, 0.4) is 0 Å². The maximum atomic E-state index is 13.0. The summed E-state index contributed by atoms with van der Waals surface area (Å²) in [6.45, 7) is 0. The zero-order valence-electron chi connectivity index (χ0n) is 11.3. The first kappa shape index (κ1) is 13.1. The van der Waals surface area contributed by atoms with E-state index >= 15 is 0 Å². The standard InChI is InChI=1S/C19H12FN/c20-17-10-8-14(9-11-17)12-16(13-21)19-7-3-5-15-4-1-2-6-18(15)19/h1-12H/b16-12-. The van der Waals surface area contributed by atoms with Crippen LogP contribution in [0.15, 0.2) is 66.7 Å². The molecule has 100 valence electrons. The van der Waals surface area contributed by atoms with Gasteiger partial charge in [-0.1, -0.05) is 54.6 Å². The maximum absolute atomic E-state index is 13.0. The van der Waals surface area contributed by atoms with Crippen molar-refractivity contribution in [3.8, 4) is 6.07 Å². The summed E-state index contributed by atoms with van der Waals surface area (Å²) >= 11 is 0. The fraction of sp³-hybridized carbons (Fsp3) is 0. The highest BCUT2D eigenvalue weighted by Crippen LogP contribution is 2.26. The predicted molar refractivity (Wildman–Crippen MR) is 83.8 cm³/mol. The lowest BCUT2D eigenvalue weighted by atomic mass is 9.97. The molecule has 1 nitrogen and oxygen atoms in total. The van der Waals surface area contributed by atoms with Gasteiger partial charge in [0.25, 0.3) is 0 Å². The monoisotopic (exact) mass is 273 g/mol. The van der Waals surface area contributed by atoms with E-state index in [1.165, 1.54) is 12.1 Å². The Kier molecular flexibility index (Phi) is 3.49. The van der Waals surface area contributed by atoms with Crippen LogP contribution in [0.1, 0.15) is 11.1 Å². The zero-order chi connectivity index (χ0) is 14.7. The minimum absolute atomic E-state index is 0.282. The third-order valence-electron chi connectivity index (χ3n) is 3.38. The van der Waals surface area contributed by atoms with Crippen LogP contribution >= 0.6 is 0 Å². The highest BCUT2D eigenvalue weighted by molar-refractivity contribution is 6.01. The first-order chi connectivity index (χ1) is 10.3. The Morgan fingerprint density at radius 3 is 2.38 bits per heavy atom. The molecule has 0 aliphatic heterocycles. The van der Waals surface area contributed by atoms with E-state index < -0.39 is 0 Å². The summed E-state index contributed by atoms with van der Waals surface area (Å²) in [6, 6.07) is 22.2. The third kappa shape index (κ3) is 2.68. The Bertz CT molecular complexity index is 849. The number of nitriles is 1. The van der Waals surface area contributed by atoms with E-state index in [1.54, 1.807) is 18.2 Å². The fourth-order valence-corrected chi connectivity index (χ4v) is 2.36. The second-order valence-electron chi connectivity index (χ2n) is 4.75. The van der Waals surface area contributed by atoms with Crippen molar-refractivity contribution in [2.45, 2.75) is 0 Å². The lowest BCUT2D eigenvalue weighted by molar-refractivity contribution is 0.628. The number of fused-ring (bicyclic) bond motifs is 1. The SMILES string of the molecule is N#C/C(=C/c1ccc(F)cc1)c1cccc2ccccc12. The van der Waals surface area contributed by atoms with Crippen molar-refractivity contribution in [3.05, 3.63) is 83.7 Å². The molecule has 0 fully saturated rings. The highest BCUT2D eigenvalue weighted by Gasteiger charge is 2.05. The van der Waals surface area contributed by atoms with Gasteiger partial charge in [0, 0.05) is 5.56 Å². The van der Waals surface area contributed by atoms with Crippen LogP contribution in [0.5, 0.6) is 0 Å². The summed E-state index contributed by atoms with van der Waals surface area (Å²) in [5.74, 6) is -0.282. The number of allylic oxidation sites excluding steroid dienone is 1. The van der Waals surface area contributed by atoms with Gasteiger partial charge in [-0.15, -0.1) is 0 Å². The number of benzene rings is 3. The summed E-state index contributed by atoms with van der Waals surface area (Å²) in [6.07, 6.45) is 1.78. The Labute approximate surface area is 122 Å². The minimum atomic E-state index is -0.282. The predicted octanol–water partition coefficient (Wildman–Crippen LogP) is 5.04. The number of halogens is 1. The number of nitrogens with zero attached hydrogens (tertiary/aromatic N) is 1. The molecule has 0 spiro atoms. The molecular weight excluding hydrogens is 261 g/mol. The van der Waals surface area contributed by atoms with Gasteiger partial charge in [0.1, 0.15) is 5.82 Å². The molecule has 0 aliphatic carbocycles. The molecule has 0 heterocycles. The van der Waals surface area contributed by atoms with E-state index in [0.29, 0.717) is 5.57 Å². The molecule has 0 atom stereocenters. The minimum Gasteiger partial charge on any atom is -0.207 e. The van der Waals surface area contributed by atoms with Crippen LogP contribution in [0.2, 0.25) is 0 Å². The number of hydrogen-bond donors (Lipinski definition) is 0. The molecule has 3 aromatic carbocycles. The Balaban J connectivity index is 2.15. The summed E-state index contributed by atoms with van der Waals surface area (Å²) in [7, 11) is 0. The molecule has 0 aromatic heterocycles. The fourth-order valence-electron chi connectivity index (χ4n) is 2.36. The van der Waals surface area contributed by atoms with Gasteiger partial charge in [0.05, 0.1) is 11.6 Å². The van der Waals surface area contributed by atoms with Gasteiger partial charge in [-0.25, -0.2) is 4.39 Å². The Hall–Kier alpha value is -2.92. The first-order valence-corrected chi connectivity index (χ1v) is 6.63. The molecule has 0 bridgehead atoms. The van der Waals surface area contributed by atoms with Gasteiger partial charge in [-0.05, 0) is 34.5 Å². The molecule has 0 radical (unpaired) electrons. The van der Waals surface area contributed by atoms with Gasteiger partial charge in [-0.2, -0.15) is 5.26 Å². The molecule has 0 aliphatic rings. The van der Waals surface area contributed by atoms with Crippen molar-refractivity contribution < 1.29 is 4.39 Å². The second-order valence-corrected chi connectivity index (χ2v) is 4.75. The smallest absolute Gasteiger partial charge is 0.123 e. The molecule has 3 aromatic rings. The quantitative estimate of drug-likeness (QED) is 0.474. The lowest BCUT2D eigenvalue weighted by Crippen LogP contribution is -1.85. The highest BCUT2D eigenvalue weighted by atomic mass is 19.1. The molecule has 0 unspecified atom stereocenters. The van der Waals surface area contributed by atoms with Gasteiger partial charge < -0.3 is 0 Å². The number of rotatable bonds is 2. The molecule has 3 rings (SSSR count). The summed E-state index contributed by atoms with van der Waals surface area (Å²) in [4.78, 5) is 0. The molecule has 0 saturated heterocycles. The molecule has 21 heavy (non-hydrogen) atoms. The van der Waals surface area contributed by atoms with Gasteiger partial charge in [0.15, 0.2) is 0 Å². The van der Waals surface area contributed by atoms with Crippen molar-refractivity contribution in [2.24, 2.45) is 0 Å². The Morgan fingerprint density at radius 2 is 1.62 bits per heavy atom. The van der Waals surface area contributed by atoms with E-state index in [9.17, 15) is 9.65 Å². The van der Waals surface area contributed by atoms with Gasteiger partial charge >= 0.3 is 0 Å². The van der Waals surface area contributed by atoms with E-state index in [1.807, 2.05) is 42.5 Å².